The van der Waals surface area contributed by atoms with Crippen molar-refractivity contribution in [1.82, 2.24) is 10.2 Å². The smallest absolute Gasteiger partial charge is 0.170 e. The summed E-state index contributed by atoms with van der Waals surface area (Å²) >= 11 is 3.57. The molecule has 102 valence electrons. The zero-order valence-electron chi connectivity index (χ0n) is 11.3. The molecule has 0 saturated heterocycles. The predicted molar refractivity (Wildman–Crippen MR) is 82.6 cm³/mol. The Kier molecular flexibility index (Phi) is 2.49. The molecule has 2 aliphatic carbocycles. The number of fused-ring (bicyclic) bond motifs is 5. The second-order valence-electron chi connectivity index (χ2n) is 5.85. The van der Waals surface area contributed by atoms with E-state index in [4.69, 9.17) is 0 Å². The van der Waals surface area contributed by atoms with Crippen LogP contribution >= 0.6 is 15.9 Å². The third-order valence-electron chi connectivity index (χ3n) is 5.02. The number of aromatic nitrogens is 2. The number of hydrogen-bond acceptors (Lipinski definition) is 2. The van der Waals surface area contributed by atoms with Crippen molar-refractivity contribution in [3.05, 3.63) is 33.9 Å². The van der Waals surface area contributed by atoms with Gasteiger partial charge in [0.1, 0.15) is 0 Å². The first-order valence-electron chi connectivity index (χ1n) is 7.05. The van der Waals surface area contributed by atoms with E-state index in [1.165, 1.54) is 22.1 Å². The van der Waals surface area contributed by atoms with Gasteiger partial charge in [-0.2, -0.15) is 5.10 Å². The zero-order chi connectivity index (χ0) is 13.9. The number of benzene rings is 1. The highest BCUT2D eigenvalue weighted by Gasteiger charge is 2.46. The van der Waals surface area contributed by atoms with Gasteiger partial charge in [-0.25, -0.2) is 0 Å². The van der Waals surface area contributed by atoms with Crippen molar-refractivity contribution >= 4 is 38.2 Å². The molecule has 0 saturated carbocycles. The monoisotopic (exact) mass is 330 g/mol. The van der Waals surface area contributed by atoms with E-state index < -0.39 is 0 Å². The van der Waals surface area contributed by atoms with Crippen molar-refractivity contribution in [2.24, 2.45) is 5.41 Å². The van der Waals surface area contributed by atoms with E-state index in [9.17, 15) is 4.79 Å². The molecule has 0 bridgehead atoms. The number of nitrogens with zero attached hydrogens (tertiary/aromatic N) is 1. The number of H-pyrrole nitrogens is 1. The van der Waals surface area contributed by atoms with Gasteiger partial charge in [-0.3, -0.25) is 9.89 Å². The number of aromatic amines is 1. The molecule has 20 heavy (non-hydrogen) atoms. The minimum atomic E-state index is 0.126. The Bertz CT molecular complexity index is 774. The summed E-state index contributed by atoms with van der Waals surface area (Å²) in [6.45, 7) is 2.23. The molecule has 1 N–H and O–H groups in total. The van der Waals surface area contributed by atoms with Crippen LogP contribution in [0.25, 0.3) is 16.5 Å². The lowest BCUT2D eigenvalue weighted by atomic mass is 9.71. The normalized spacial score (nSPS) is 25.2. The van der Waals surface area contributed by atoms with Crippen molar-refractivity contribution < 1.29 is 4.79 Å². The maximum absolute atomic E-state index is 12.1. The van der Waals surface area contributed by atoms with Gasteiger partial charge >= 0.3 is 0 Å². The summed E-state index contributed by atoms with van der Waals surface area (Å²) in [5.74, 6) is 0.240. The minimum Gasteiger partial charge on any atom is -0.294 e. The Morgan fingerprint density at radius 3 is 3.10 bits per heavy atom. The summed E-state index contributed by atoms with van der Waals surface area (Å²) < 4.78 is 0.798. The van der Waals surface area contributed by atoms with E-state index in [0.717, 1.165) is 29.3 Å². The summed E-state index contributed by atoms with van der Waals surface area (Å²) in [6, 6.07) is 4.21. The molecule has 2 aromatic rings. The molecule has 2 aliphatic rings. The minimum absolute atomic E-state index is 0.126. The molecule has 4 heteroatoms. The summed E-state index contributed by atoms with van der Waals surface area (Å²) in [6.07, 6.45) is 5.61. The Morgan fingerprint density at radius 1 is 1.45 bits per heavy atom. The maximum Gasteiger partial charge on any atom is 0.170 e. The molecule has 0 spiro atoms. The van der Waals surface area contributed by atoms with Gasteiger partial charge in [-0.15, -0.1) is 0 Å². The van der Waals surface area contributed by atoms with Gasteiger partial charge < -0.3 is 0 Å². The van der Waals surface area contributed by atoms with Crippen LogP contribution in [0.4, 0.5) is 0 Å². The van der Waals surface area contributed by atoms with Crippen LogP contribution in [0.15, 0.2) is 22.8 Å². The van der Waals surface area contributed by atoms with Gasteiger partial charge in [0.2, 0.25) is 0 Å². The molecule has 1 heterocycles. The van der Waals surface area contributed by atoms with Crippen molar-refractivity contribution in [3.8, 4) is 0 Å². The summed E-state index contributed by atoms with van der Waals surface area (Å²) in [7, 11) is 0. The Morgan fingerprint density at radius 2 is 2.30 bits per heavy atom. The van der Waals surface area contributed by atoms with Gasteiger partial charge in [-0.1, -0.05) is 13.0 Å². The second kappa shape index (κ2) is 4.04. The van der Waals surface area contributed by atoms with Crippen LogP contribution in [0.1, 0.15) is 37.3 Å². The van der Waals surface area contributed by atoms with Crippen LogP contribution in [0.2, 0.25) is 0 Å². The lowest BCUT2D eigenvalue weighted by Gasteiger charge is -2.34. The number of allylic oxidation sites excluding steroid dienone is 2. The SMILES string of the molecule is CC[C@@]12CCC(=O)C(Br)=C1c1ccc3[nH]ncc3c1C2. The van der Waals surface area contributed by atoms with Crippen LogP contribution in [-0.2, 0) is 11.2 Å². The average molecular weight is 331 g/mol. The first kappa shape index (κ1) is 12.3. The number of ketones is 1. The van der Waals surface area contributed by atoms with Crippen molar-refractivity contribution in [3.63, 3.8) is 0 Å². The number of hydrogen-bond donors (Lipinski definition) is 1. The first-order chi connectivity index (χ1) is 9.66. The van der Waals surface area contributed by atoms with E-state index in [2.05, 4.69) is 45.2 Å². The van der Waals surface area contributed by atoms with Crippen molar-refractivity contribution in [1.29, 1.82) is 0 Å². The molecule has 3 nitrogen and oxygen atoms in total. The molecular formula is C16H15BrN2O. The van der Waals surface area contributed by atoms with Gasteiger partial charge in [0.25, 0.3) is 0 Å². The summed E-state index contributed by atoms with van der Waals surface area (Å²) in [5.41, 5.74) is 5.02. The van der Waals surface area contributed by atoms with Gasteiger partial charge in [-0.05, 0) is 58.0 Å². The second-order valence-corrected chi connectivity index (χ2v) is 6.64. The fraction of sp³-hybridized carbons (Fsp3) is 0.375. The van der Waals surface area contributed by atoms with E-state index in [1.54, 1.807) is 0 Å². The van der Waals surface area contributed by atoms with E-state index in [0.29, 0.717) is 6.42 Å². The molecular weight excluding hydrogens is 316 g/mol. The molecule has 0 unspecified atom stereocenters. The van der Waals surface area contributed by atoms with Crippen LogP contribution in [0, 0.1) is 5.41 Å². The van der Waals surface area contributed by atoms with Gasteiger partial charge in [0, 0.05) is 17.2 Å². The van der Waals surface area contributed by atoms with Crippen LogP contribution < -0.4 is 0 Å². The lowest BCUT2D eigenvalue weighted by Crippen LogP contribution is -2.26. The molecule has 1 aromatic carbocycles. The van der Waals surface area contributed by atoms with Crippen molar-refractivity contribution in [2.45, 2.75) is 32.6 Å². The number of rotatable bonds is 1. The zero-order valence-corrected chi connectivity index (χ0v) is 12.9. The number of Topliss-reactive ketones (excluding diaryl/α,β-unsaturated/α-hetero) is 1. The number of nitrogens with one attached hydrogen (secondary N) is 1. The summed E-state index contributed by atoms with van der Waals surface area (Å²) in [5, 5.41) is 8.39. The molecule has 1 atom stereocenters. The Balaban J connectivity index is 2.07. The summed E-state index contributed by atoms with van der Waals surface area (Å²) in [4.78, 5) is 12.1. The molecule has 0 radical (unpaired) electrons. The number of halogens is 1. The van der Waals surface area contributed by atoms with E-state index in [1.807, 2.05) is 6.20 Å². The molecule has 0 fully saturated rings. The maximum atomic E-state index is 12.1. The highest BCUT2D eigenvalue weighted by molar-refractivity contribution is 9.12. The van der Waals surface area contributed by atoms with E-state index >= 15 is 0 Å². The topological polar surface area (TPSA) is 45.8 Å². The third kappa shape index (κ3) is 1.40. The molecule has 1 aromatic heterocycles. The van der Waals surface area contributed by atoms with Gasteiger partial charge in [0.05, 0.1) is 16.2 Å². The standard InChI is InChI=1S/C16H15BrN2O/c1-2-16-6-5-13(20)15(17)14(16)9-3-4-12-11(8-18-19-12)10(9)7-16/h3-4,8H,2,5-7H2,1H3,(H,18,19)/t16-/m0/s1. The van der Waals surface area contributed by atoms with E-state index in [-0.39, 0.29) is 11.2 Å². The largest absolute Gasteiger partial charge is 0.294 e. The Hall–Kier alpha value is -1.42. The molecule has 0 aliphatic heterocycles. The molecule has 0 amide bonds. The average Bonchev–Trinajstić information content (AvgIpc) is 3.05. The fourth-order valence-electron chi connectivity index (χ4n) is 3.86. The van der Waals surface area contributed by atoms with Crippen LogP contribution in [0.3, 0.4) is 0 Å². The van der Waals surface area contributed by atoms with Crippen LogP contribution in [0.5, 0.6) is 0 Å². The highest BCUT2D eigenvalue weighted by Crippen LogP contribution is 2.57. The highest BCUT2D eigenvalue weighted by atomic mass is 79.9. The number of carbonyl (C=O) groups excluding carboxylic acids is 1. The first-order valence-corrected chi connectivity index (χ1v) is 7.84. The molecule has 4 rings (SSSR count). The Labute approximate surface area is 125 Å². The lowest BCUT2D eigenvalue weighted by molar-refractivity contribution is -0.115. The van der Waals surface area contributed by atoms with Crippen molar-refractivity contribution in [2.75, 3.05) is 0 Å². The quantitative estimate of drug-likeness (QED) is 0.859. The third-order valence-corrected chi connectivity index (χ3v) is 5.86. The van der Waals surface area contributed by atoms with Crippen LogP contribution in [-0.4, -0.2) is 16.0 Å². The fourth-order valence-corrected chi connectivity index (χ4v) is 4.69. The predicted octanol–water partition coefficient (Wildman–Crippen LogP) is 3.98. The van der Waals surface area contributed by atoms with Gasteiger partial charge in [0.15, 0.2) is 5.78 Å². The number of carbonyl (C=O) groups is 1.